The van der Waals surface area contributed by atoms with Gasteiger partial charge in [-0.25, -0.2) is 0 Å². The molecule has 1 unspecified atom stereocenters. The Bertz CT molecular complexity index is 258. The van der Waals surface area contributed by atoms with Gasteiger partial charge in [0.2, 0.25) is 6.41 Å². The first-order valence-electron chi connectivity index (χ1n) is 5.32. The number of hydrogen-bond donors (Lipinski definition) is 1. The van der Waals surface area contributed by atoms with E-state index in [1.165, 1.54) is 0 Å². The highest BCUT2D eigenvalue weighted by atomic mass is 31.2. The molecule has 0 aliphatic rings. The van der Waals surface area contributed by atoms with Gasteiger partial charge >= 0.3 is 7.60 Å². The molecule has 0 aromatic rings. The topological polar surface area (TPSA) is 64.6 Å². The molecule has 0 spiro atoms. The Labute approximate surface area is 96.7 Å². The van der Waals surface area contributed by atoms with Crippen molar-refractivity contribution in [2.45, 2.75) is 26.8 Å². The molecule has 0 radical (unpaired) electrons. The minimum Gasteiger partial charge on any atom is -0.353 e. The normalized spacial score (nSPS) is 13.9. The van der Waals surface area contributed by atoms with E-state index in [0.29, 0.717) is 19.6 Å². The summed E-state index contributed by atoms with van der Waals surface area (Å²) in [6.45, 7) is 6.07. The van der Waals surface area contributed by atoms with Crippen molar-refractivity contribution < 1.29 is 18.4 Å². The van der Waals surface area contributed by atoms with E-state index in [9.17, 15) is 9.36 Å². The highest BCUT2D eigenvalue weighted by molar-refractivity contribution is 7.54. The molecule has 0 aliphatic heterocycles. The number of allylic oxidation sites excluding steroid dienone is 1. The fraction of sp³-hybridized carbons (Fsp3) is 0.700. The predicted octanol–water partition coefficient (Wildman–Crippen LogP) is 1.94. The van der Waals surface area contributed by atoms with Gasteiger partial charge < -0.3 is 14.4 Å². The van der Waals surface area contributed by atoms with Gasteiger partial charge in [0.05, 0.1) is 19.4 Å². The van der Waals surface area contributed by atoms with Gasteiger partial charge in [0.1, 0.15) is 0 Å². The number of carbonyl (C=O) groups is 1. The van der Waals surface area contributed by atoms with Gasteiger partial charge in [-0.3, -0.25) is 9.36 Å². The zero-order valence-corrected chi connectivity index (χ0v) is 10.9. The third kappa shape index (κ3) is 6.77. The SMILES string of the molecule is CCOP(=O)(C/C=C/C(C)NC=O)OCC. The van der Waals surface area contributed by atoms with Crippen LogP contribution >= 0.6 is 7.60 Å². The summed E-state index contributed by atoms with van der Waals surface area (Å²) in [5.41, 5.74) is 0. The van der Waals surface area contributed by atoms with Crippen molar-refractivity contribution in [3.8, 4) is 0 Å². The third-order valence-electron chi connectivity index (χ3n) is 1.74. The zero-order valence-electron chi connectivity index (χ0n) is 10.0. The van der Waals surface area contributed by atoms with Crippen LogP contribution in [0.15, 0.2) is 12.2 Å². The molecule has 0 aromatic carbocycles. The number of amides is 1. The van der Waals surface area contributed by atoms with Crippen molar-refractivity contribution >= 4 is 14.0 Å². The molecule has 0 bridgehead atoms. The quantitative estimate of drug-likeness (QED) is 0.385. The van der Waals surface area contributed by atoms with Crippen LogP contribution in [0.4, 0.5) is 0 Å². The van der Waals surface area contributed by atoms with E-state index in [1.807, 2.05) is 6.92 Å². The lowest BCUT2D eigenvalue weighted by Crippen LogP contribution is -2.21. The van der Waals surface area contributed by atoms with Gasteiger partial charge in [0, 0.05) is 6.04 Å². The summed E-state index contributed by atoms with van der Waals surface area (Å²) in [6.07, 6.45) is 4.30. The summed E-state index contributed by atoms with van der Waals surface area (Å²) in [7, 11) is -3.00. The first-order valence-corrected chi connectivity index (χ1v) is 7.05. The van der Waals surface area contributed by atoms with E-state index < -0.39 is 7.60 Å². The maximum atomic E-state index is 12.0. The molecule has 1 amide bonds. The van der Waals surface area contributed by atoms with Gasteiger partial charge in [-0.05, 0) is 20.8 Å². The fourth-order valence-electron chi connectivity index (χ4n) is 1.09. The van der Waals surface area contributed by atoms with Crippen LogP contribution in [-0.2, 0) is 18.4 Å². The average Bonchev–Trinajstić information content (AvgIpc) is 2.18. The zero-order chi connectivity index (χ0) is 12.4. The molecular weight excluding hydrogens is 229 g/mol. The number of rotatable bonds is 9. The largest absolute Gasteiger partial charge is 0.353 e. The molecule has 0 aromatic heterocycles. The van der Waals surface area contributed by atoms with Crippen molar-refractivity contribution in [3.05, 3.63) is 12.2 Å². The number of carbonyl (C=O) groups excluding carboxylic acids is 1. The lowest BCUT2D eigenvalue weighted by atomic mass is 10.3. The van der Waals surface area contributed by atoms with Crippen LogP contribution in [0.5, 0.6) is 0 Å². The van der Waals surface area contributed by atoms with Gasteiger partial charge in [-0.2, -0.15) is 0 Å². The van der Waals surface area contributed by atoms with Gasteiger partial charge in [0.25, 0.3) is 0 Å². The molecule has 0 fully saturated rings. The van der Waals surface area contributed by atoms with Crippen molar-refractivity contribution in [1.82, 2.24) is 5.32 Å². The first kappa shape index (κ1) is 15.4. The second kappa shape index (κ2) is 8.50. The van der Waals surface area contributed by atoms with Crippen LogP contribution in [0.3, 0.4) is 0 Å². The standard InChI is InChI=1S/C10H20NO4P/c1-4-14-16(13,15-5-2)8-6-7-10(3)11-9-12/h6-7,9-10H,4-5,8H2,1-3H3,(H,11,12)/b7-6+. The highest BCUT2D eigenvalue weighted by Gasteiger charge is 2.21. The van der Waals surface area contributed by atoms with E-state index in [0.717, 1.165) is 0 Å². The van der Waals surface area contributed by atoms with E-state index in [1.54, 1.807) is 26.0 Å². The maximum absolute atomic E-state index is 12.0. The summed E-state index contributed by atoms with van der Waals surface area (Å²) in [4.78, 5) is 10.1. The number of nitrogens with one attached hydrogen (secondary N) is 1. The van der Waals surface area contributed by atoms with Crippen molar-refractivity contribution in [3.63, 3.8) is 0 Å². The first-order chi connectivity index (χ1) is 7.58. The van der Waals surface area contributed by atoms with Gasteiger partial charge in [-0.15, -0.1) is 0 Å². The fourth-order valence-corrected chi connectivity index (χ4v) is 2.55. The van der Waals surface area contributed by atoms with Crippen LogP contribution < -0.4 is 5.32 Å². The Morgan fingerprint density at radius 3 is 2.31 bits per heavy atom. The summed E-state index contributed by atoms with van der Waals surface area (Å²) >= 11 is 0. The lowest BCUT2D eigenvalue weighted by Gasteiger charge is -2.15. The van der Waals surface area contributed by atoms with E-state index in [2.05, 4.69) is 5.32 Å². The molecule has 0 saturated heterocycles. The smallest absolute Gasteiger partial charge is 0.334 e. The Balaban J connectivity index is 4.20. The third-order valence-corrected chi connectivity index (χ3v) is 3.70. The van der Waals surface area contributed by atoms with Crippen molar-refractivity contribution in [1.29, 1.82) is 0 Å². The molecule has 1 atom stereocenters. The molecule has 1 N–H and O–H groups in total. The summed E-state index contributed by atoms with van der Waals surface area (Å²) in [5, 5.41) is 2.56. The molecule has 94 valence electrons. The molecule has 0 aliphatic carbocycles. The molecule has 6 heteroatoms. The van der Waals surface area contributed by atoms with Crippen molar-refractivity contribution in [2.24, 2.45) is 0 Å². The van der Waals surface area contributed by atoms with Crippen molar-refractivity contribution in [2.75, 3.05) is 19.4 Å². The second-order valence-corrected chi connectivity index (χ2v) is 5.23. The van der Waals surface area contributed by atoms with Crippen LogP contribution in [0.2, 0.25) is 0 Å². The molecule has 0 rings (SSSR count). The van der Waals surface area contributed by atoms with Gasteiger partial charge in [0.15, 0.2) is 0 Å². The Kier molecular flexibility index (Phi) is 8.16. The van der Waals surface area contributed by atoms with Crippen LogP contribution in [-0.4, -0.2) is 31.8 Å². The van der Waals surface area contributed by atoms with Crippen LogP contribution in [0.1, 0.15) is 20.8 Å². The van der Waals surface area contributed by atoms with Crippen LogP contribution in [0.25, 0.3) is 0 Å². The molecule has 0 saturated carbocycles. The highest BCUT2D eigenvalue weighted by Crippen LogP contribution is 2.47. The number of hydrogen-bond acceptors (Lipinski definition) is 4. The molecular formula is C10H20NO4P. The minimum absolute atomic E-state index is 0.0887. The lowest BCUT2D eigenvalue weighted by molar-refractivity contribution is -0.109. The van der Waals surface area contributed by atoms with E-state index in [-0.39, 0.29) is 12.2 Å². The Morgan fingerprint density at radius 1 is 1.31 bits per heavy atom. The molecule has 0 heterocycles. The summed E-state index contributed by atoms with van der Waals surface area (Å²) < 4.78 is 22.2. The second-order valence-electron chi connectivity index (χ2n) is 3.13. The summed E-state index contributed by atoms with van der Waals surface area (Å²) in [6, 6.07) is -0.0887. The van der Waals surface area contributed by atoms with Gasteiger partial charge in [-0.1, -0.05) is 12.2 Å². The maximum Gasteiger partial charge on any atom is 0.334 e. The molecule has 16 heavy (non-hydrogen) atoms. The summed E-state index contributed by atoms with van der Waals surface area (Å²) in [5.74, 6) is 0. The Hall–Kier alpha value is -0.640. The predicted molar refractivity (Wildman–Crippen MR) is 63.5 cm³/mol. The van der Waals surface area contributed by atoms with Crippen LogP contribution in [0, 0.1) is 0 Å². The Morgan fingerprint density at radius 2 is 1.88 bits per heavy atom. The average molecular weight is 249 g/mol. The molecule has 5 nitrogen and oxygen atoms in total. The minimum atomic E-state index is -3.00. The van der Waals surface area contributed by atoms with E-state index in [4.69, 9.17) is 9.05 Å². The monoisotopic (exact) mass is 249 g/mol. The van der Waals surface area contributed by atoms with E-state index >= 15 is 0 Å².